The van der Waals surface area contributed by atoms with Crippen molar-refractivity contribution in [1.82, 2.24) is 9.80 Å². The van der Waals surface area contributed by atoms with E-state index in [9.17, 15) is 4.79 Å². The molecule has 1 aliphatic heterocycles. The summed E-state index contributed by atoms with van der Waals surface area (Å²) >= 11 is 0. The van der Waals surface area contributed by atoms with Gasteiger partial charge in [-0.1, -0.05) is 91.0 Å². The molecule has 0 bridgehead atoms. The molecule has 1 amide bonds. The Hall–Kier alpha value is -4.61. The lowest BCUT2D eigenvalue weighted by Crippen LogP contribution is -2.49. The molecule has 0 saturated carbocycles. The third kappa shape index (κ3) is 6.17. The molecular formula is C37H36N2O3. The zero-order chi connectivity index (χ0) is 28.7. The van der Waals surface area contributed by atoms with E-state index in [1.807, 2.05) is 54.3 Å². The predicted octanol–water partition coefficient (Wildman–Crippen LogP) is 7.36. The Bertz CT molecular complexity index is 1590. The molecule has 1 saturated heterocycles. The topological polar surface area (TPSA) is 42.0 Å². The number of amides is 1. The Morgan fingerprint density at radius 1 is 0.690 bits per heavy atom. The number of carbonyl (C=O) groups is 1. The van der Waals surface area contributed by atoms with Gasteiger partial charge in [0.1, 0.15) is 18.1 Å². The van der Waals surface area contributed by atoms with E-state index in [0.717, 1.165) is 35.5 Å². The van der Waals surface area contributed by atoms with Gasteiger partial charge in [0.25, 0.3) is 5.91 Å². The molecule has 0 spiro atoms. The minimum absolute atomic E-state index is 0.0422. The Morgan fingerprint density at radius 2 is 1.33 bits per heavy atom. The Morgan fingerprint density at radius 3 is 2.00 bits per heavy atom. The molecule has 0 radical (unpaired) electrons. The number of rotatable bonds is 9. The zero-order valence-corrected chi connectivity index (χ0v) is 24.0. The van der Waals surface area contributed by atoms with Gasteiger partial charge in [0.2, 0.25) is 0 Å². The second-order valence-electron chi connectivity index (χ2n) is 10.6. The minimum Gasteiger partial charge on any atom is -0.493 e. The number of piperazine rings is 1. The maximum Gasteiger partial charge on any atom is 0.253 e. The van der Waals surface area contributed by atoms with Crippen LogP contribution < -0.4 is 9.47 Å². The molecule has 5 heteroatoms. The van der Waals surface area contributed by atoms with Crippen LogP contribution in [-0.2, 0) is 6.61 Å². The molecule has 5 aromatic carbocycles. The summed E-state index contributed by atoms with van der Waals surface area (Å²) in [4.78, 5) is 18.1. The van der Waals surface area contributed by atoms with Gasteiger partial charge in [-0.3, -0.25) is 9.69 Å². The largest absolute Gasteiger partial charge is 0.493 e. The third-order valence-electron chi connectivity index (χ3n) is 7.92. The molecule has 0 atom stereocenters. The highest BCUT2D eigenvalue weighted by atomic mass is 16.5. The SMILES string of the molecule is CCOc1ccc(C(=O)N2CCN(C(c3ccccc3)c3ccccc3)CC2)cc1COc1ccc2ccccc2c1. The van der Waals surface area contributed by atoms with Gasteiger partial charge < -0.3 is 14.4 Å². The van der Waals surface area contributed by atoms with Gasteiger partial charge in [-0.05, 0) is 59.2 Å². The van der Waals surface area contributed by atoms with Crippen LogP contribution in [0.5, 0.6) is 11.5 Å². The number of benzene rings is 5. The average molecular weight is 557 g/mol. The number of hydrogen-bond donors (Lipinski definition) is 0. The van der Waals surface area contributed by atoms with E-state index in [0.29, 0.717) is 31.9 Å². The lowest BCUT2D eigenvalue weighted by Gasteiger charge is -2.40. The van der Waals surface area contributed by atoms with Crippen molar-refractivity contribution < 1.29 is 14.3 Å². The van der Waals surface area contributed by atoms with E-state index in [-0.39, 0.29) is 11.9 Å². The summed E-state index contributed by atoms with van der Waals surface area (Å²) < 4.78 is 12.1. The summed E-state index contributed by atoms with van der Waals surface area (Å²) in [6, 6.07) is 41.4. The van der Waals surface area contributed by atoms with E-state index >= 15 is 0 Å². The molecule has 1 aliphatic rings. The van der Waals surface area contributed by atoms with Crippen LogP contribution in [0.2, 0.25) is 0 Å². The van der Waals surface area contributed by atoms with Gasteiger partial charge in [0.15, 0.2) is 0 Å². The van der Waals surface area contributed by atoms with Crippen LogP contribution in [0, 0.1) is 0 Å². The molecule has 212 valence electrons. The van der Waals surface area contributed by atoms with Crippen molar-refractivity contribution in [2.24, 2.45) is 0 Å². The molecule has 0 aromatic heterocycles. The molecule has 0 N–H and O–H groups in total. The molecular weight excluding hydrogens is 520 g/mol. The Labute approximate surface area is 247 Å². The van der Waals surface area contributed by atoms with Gasteiger partial charge in [-0.2, -0.15) is 0 Å². The van der Waals surface area contributed by atoms with Gasteiger partial charge in [0, 0.05) is 37.3 Å². The summed E-state index contributed by atoms with van der Waals surface area (Å²) in [6.07, 6.45) is 0. The van der Waals surface area contributed by atoms with Gasteiger partial charge in [0.05, 0.1) is 12.6 Å². The molecule has 5 nitrogen and oxygen atoms in total. The lowest BCUT2D eigenvalue weighted by molar-refractivity contribution is 0.0597. The van der Waals surface area contributed by atoms with Crippen LogP contribution in [0.4, 0.5) is 0 Å². The molecule has 0 aliphatic carbocycles. The molecule has 5 aromatic rings. The second kappa shape index (κ2) is 12.9. The summed E-state index contributed by atoms with van der Waals surface area (Å²) in [6.45, 7) is 5.77. The minimum atomic E-state index is 0.0422. The molecule has 1 fully saturated rings. The summed E-state index contributed by atoms with van der Waals surface area (Å²) in [5, 5.41) is 2.30. The first kappa shape index (κ1) is 27.6. The fourth-order valence-electron chi connectivity index (χ4n) is 5.79. The van der Waals surface area contributed by atoms with Crippen LogP contribution in [0.15, 0.2) is 121 Å². The van der Waals surface area contributed by atoms with Crippen molar-refractivity contribution in [1.29, 1.82) is 0 Å². The summed E-state index contributed by atoms with van der Waals surface area (Å²) in [5.74, 6) is 1.57. The third-order valence-corrected chi connectivity index (χ3v) is 7.92. The fourth-order valence-corrected chi connectivity index (χ4v) is 5.79. The fraction of sp³-hybridized carbons (Fsp3) is 0.216. The molecule has 0 unspecified atom stereocenters. The van der Waals surface area contributed by atoms with Crippen LogP contribution >= 0.6 is 0 Å². The van der Waals surface area contributed by atoms with E-state index in [1.165, 1.54) is 16.5 Å². The Balaban J connectivity index is 1.16. The van der Waals surface area contributed by atoms with Gasteiger partial charge >= 0.3 is 0 Å². The standard InChI is InChI=1S/C37H36N2O3/c1-2-41-35-20-18-32(25-33(35)27-42-34-19-17-28-11-9-10-16-31(28)26-34)37(40)39-23-21-38(22-24-39)36(29-12-5-3-6-13-29)30-14-7-4-8-15-30/h3-20,25-26,36H,2,21-24,27H2,1H3. The van der Waals surface area contributed by atoms with E-state index < -0.39 is 0 Å². The average Bonchev–Trinajstić information content (AvgIpc) is 3.05. The van der Waals surface area contributed by atoms with Gasteiger partial charge in [-0.15, -0.1) is 0 Å². The highest BCUT2D eigenvalue weighted by Gasteiger charge is 2.29. The molecule has 42 heavy (non-hydrogen) atoms. The number of carbonyl (C=O) groups excluding carboxylic acids is 1. The van der Waals surface area contributed by atoms with Crippen LogP contribution in [-0.4, -0.2) is 48.5 Å². The number of fused-ring (bicyclic) bond motifs is 1. The Kier molecular flexibility index (Phi) is 8.48. The lowest BCUT2D eigenvalue weighted by atomic mass is 9.96. The van der Waals surface area contributed by atoms with Gasteiger partial charge in [-0.25, -0.2) is 0 Å². The second-order valence-corrected chi connectivity index (χ2v) is 10.6. The maximum absolute atomic E-state index is 13.7. The quantitative estimate of drug-likeness (QED) is 0.190. The van der Waals surface area contributed by atoms with Crippen molar-refractivity contribution in [3.8, 4) is 11.5 Å². The van der Waals surface area contributed by atoms with Crippen molar-refractivity contribution in [2.45, 2.75) is 19.6 Å². The summed E-state index contributed by atoms with van der Waals surface area (Å²) in [5.41, 5.74) is 4.06. The van der Waals surface area contributed by atoms with Crippen molar-refractivity contribution in [3.63, 3.8) is 0 Å². The first-order valence-corrected chi connectivity index (χ1v) is 14.7. The number of nitrogens with zero attached hydrogens (tertiary/aromatic N) is 2. The van der Waals surface area contributed by atoms with E-state index in [1.54, 1.807) is 0 Å². The van der Waals surface area contributed by atoms with Crippen LogP contribution in [0.1, 0.15) is 40.0 Å². The number of ether oxygens (including phenoxy) is 2. The first-order valence-electron chi connectivity index (χ1n) is 14.7. The normalized spacial score (nSPS) is 13.8. The zero-order valence-electron chi connectivity index (χ0n) is 24.0. The van der Waals surface area contributed by atoms with Crippen molar-refractivity contribution in [2.75, 3.05) is 32.8 Å². The highest BCUT2D eigenvalue weighted by Crippen LogP contribution is 2.30. The smallest absolute Gasteiger partial charge is 0.253 e. The summed E-state index contributed by atoms with van der Waals surface area (Å²) in [7, 11) is 0. The maximum atomic E-state index is 13.7. The van der Waals surface area contributed by atoms with Crippen LogP contribution in [0.3, 0.4) is 0 Å². The first-order chi connectivity index (χ1) is 20.7. The van der Waals surface area contributed by atoms with Crippen LogP contribution in [0.25, 0.3) is 10.8 Å². The number of hydrogen-bond acceptors (Lipinski definition) is 4. The monoisotopic (exact) mass is 556 g/mol. The van der Waals surface area contributed by atoms with Crippen molar-refractivity contribution >= 4 is 16.7 Å². The highest BCUT2D eigenvalue weighted by molar-refractivity contribution is 5.94. The van der Waals surface area contributed by atoms with E-state index in [4.69, 9.17) is 9.47 Å². The van der Waals surface area contributed by atoms with E-state index in [2.05, 4.69) is 83.8 Å². The molecule has 6 rings (SSSR count). The molecule has 1 heterocycles. The van der Waals surface area contributed by atoms with Crippen molar-refractivity contribution in [3.05, 3.63) is 144 Å². The predicted molar refractivity (Wildman–Crippen MR) is 168 cm³/mol.